The highest BCUT2D eigenvalue weighted by Gasteiger charge is 2.24. The third-order valence-electron chi connectivity index (χ3n) is 5.79. The van der Waals surface area contributed by atoms with Crippen molar-refractivity contribution in [2.75, 3.05) is 19.4 Å². The molecular weight excluding hydrogens is 370 g/mol. The lowest BCUT2D eigenvalue weighted by molar-refractivity contribution is -0.117. The molecule has 1 amide bonds. The lowest BCUT2D eigenvalue weighted by atomic mass is 9.90. The van der Waals surface area contributed by atoms with Gasteiger partial charge in [-0.15, -0.1) is 11.3 Å². The van der Waals surface area contributed by atoms with Crippen molar-refractivity contribution in [1.29, 1.82) is 0 Å². The Labute approximate surface area is 169 Å². The number of nitrogens with one attached hydrogen (secondary N) is 1. The summed E-state index contributed by atoms with van der Waals surface area (Å²) in [7, 11) is 4.33. The van der Waals surface area contributed by atoms with E-state index in [0.717, 1.165) is 39.8 Å². The van der Waals surface area contributed by atoms with Gasteiger partial charge in [0.15, 0.2) is 0 Å². The van der Waals surface area contributed by atoms with Crippen LogP contribution >= 0.6 is 11.3 Å². The van der Waals surface area contributed by atoms with E-state index in [1.54, 1.807) is 17.7 Å². The van der Waals surface area contributed by atoms with Crippen LogP contribution in [-0.4, -0.2) is 47.0 Å². The molecule has 1 aliphatic rings. The van der Waals surface area contributed by atoms with Gasteiger partial charge < -0.3 is 16.0 Å². The molecule has 1 fully saturated rings. The summed E-state index contributed by atoms with van der Waals surface area (Å²) < 4.78 is 1.18. The fourth-order valence-corrected chi connectivity index (χ4v) is 5.32. The summed E-state index contributed by atoms with van der Waals surface area (Å²) in [5, 5.41) is 5.94. The maximum Gasteiger partial charge on any atom is 0.217 e. The average Bonchev–Trinajstić information content (AvgIpc) is 3.07. The zero-order valence-corrected chi connectivity index (χ0v) is 17.3. The minimum absolute atomic E-state index is 0.274. The topological polar surface area (TPSA) is 84.1 Å². The number of thiophene rings is 1. The molecule has 2 aromatic heterocycles. The van der Waals surface area contributed by atoms with Crippen LogP contribution in [-0.2, 0) is 11.2 Å². The number of fused-ring (bicyclic) bond motifs is 3. The lowest BCUT2D eigenvalue weighted by Gasteiger charge is -2.33. The molecule has 3 N–H and O–H groups in total. The second-order valence-corrected chi connectivity index (χ2v) is 8.91. The zero-order valence-electron chi connectivity index (χ0n) is 16.4. The Kier molecular flexibility index (Phi) is 5.46. The summed E-state index contributed by atoms with van der Waals surface area (Å²) >= 11 is 1.68. The summed E-state index contributed by atoms with van der Waals surface area (Å²) in [6, 6.07) is 7.34. The molecule has 4 rings (SSSR count). The number of amides is 1. The van der Waals surface area contributed by atoms with E-state index in [2.05, 4.69) is 46.4 Å². The highest BCUT2D eigenvalue weighted by Crippen LogP contribution is 2.39. The quantitative estimate of drug-likeness (QED) is 0.664. The summed E-state index contributed by atoms with van der Waals surface area (Å²) in [5.41, 5.74) is 6.52. The van der Waals surface area contributed by atoms with Gasteiger partial charge in [-0.1, -0.05) is 12.1 Å². The third-order valence-corrected chi connectivity index (χ3v) is 6.85. The van der Waals surface area contributed by atoms with Crippen LogP contribution in [0.5, 0.6) is 0 Å². The fraction of sp³-hybridized carbons (Fsp3) is 0.476. The molecule has 0 radical (unpaired) electrons. The first-order valence-electron chi connectivity index (χ1n) is 9.89. The van der Waals surface area contributed by atoms with Crippen LogP contribution in [0, 0.1) is 0 Å². The molecule has 3 aromatic rings. The monoisotopic (exact) mass is 397 g/mol. The summed E-state index contributed by atoms with van der Waals surface area (Å²) in [4.78, 5) is 23.7. The van der Waals surface area contributed by atoms with Crippen molar-refractivity contribution in [2.45, 2.75) is 50.6 Å². The van der Waals surface area contributed by atoms with Crippen molar-refractivity contribution < 1.29 is 4.79 Å². The minimum Gasteiger partial charge on any atom is -0.370 e. The van der Waals surface area contributed by atoms with Crippen LogP contribution in [0.3, 0.4) is 0 Å². The van der Waals surface area contributed by atoms with Crippen molar-refractivity contribution in [1.82, 2.24) is 14.9 Å². The SMILES string of the molecule is CN(C)C1CCC(Nc2ncnc3sc4cccc(CCC(N)=O)c4c23)CC1. The van der Waals surface area contributed by atoms with Gasteiger partial charge in [0.1, 0.15) is 17.0 Å². The van der Waals surface area contributed by atoms with Gasteiger partial charge in [-0.3, -0.25) is 4.79 Å². The number of aryl methyl sites for hydroxylation is 1. The molecular formula is C21H27N5OS. The van der Waals surface area contributed by atoms with Gasteiger partial charge in [0, 0.05) is 28.6 Å². The van der Waals surface area contributed by atoms with Gasteiger partial charge >= 0.3 is 0 Å². The first-order valence-corrected chi connectivity index (χ1v) is 10.7. The van der Waals surface area contributed by atoms with E-state index in [1.165, 1.54) is 17.5 Å². The average molecular weight is 398 g/mol. The van der Waals surface area contributed by atoms with Crippen LogP contribution in [0.15, 0.2) is 24.5 Å². The van der Waals surface area contributed by atoms with Gasteiger partial charge in [0.25, 0.3) is 0 Å². The Balaban J connectivity index is 1.67. The number of aromatic nitrogens is 2. The van der Waals surface area contributed by atoms with Crippen molar-refractivity contribution in [2.24, 2.45) is 5.73 Å². The molecule has 28 heavy (non-hydrogen) atoms. The van der Waals surface area contributed by atoms with Crippen molar-refractivity contribution in [3.05, 3.63) is 30.1 Å². The highest BCUT2D eigenvalue weighted by atomic mass is 32.1. The molecule has 1 aliphatic carbocycles. The smallest absolute Gasteiger partial charge is 0.217 e. The van der Waals surface area contributed by atoms with E-state index >= 15 is 0 Å². The zero-order chi connectivity index (χ0) is 19.7. The van der Waals surface area contributed by atoms with Crippen LogP contribution in [0.4, 0.5) is 5.82 Å². The van der Waals surface area contributed by atoms with Gasteiger partial charge in [-0.05, 0) is 57.8 Å². The molecule has 0 aliphatic heterocycles. The first kappa shape index (κ1) is 19.1. The standard InChI is InChI=1S/C21H27N5OS/c1-26(2)15-9-7-14(8-10-15)25-20-19-18-13(6-11-17(22)27)4-3-5-16(18)28-21(19)24-12-23-20/h3-5,12,14-15H,6-11H2,1-2H3,(H2,22,27)(H,23,24,25). The number of anilines is 1. The molecule has 1 aromatic carbocycles. The predicted octanol–water partition coefficient (Wildman–Crippen LogP) is 3.55. The van der Waals surface area contributed by atoms with Crippen molar-refractivity contribution in [3.8, 4) is 0 Å². The molecule has 6 nitrogen and oxygen atoms in total. The van der Waals surface area contributed by atoms with Crippen LogP contribution in [0.2, 0.25) is 0 Å². The van der Waals surface area contributed by atoms with E-state index in [-0.39, 0.29) is 5.91 Å². The maximum absolute atomic E-state index is 11.3. The first-order chi connectivity index (χ1) is 13.5. The molecule has 2 heterocycles. The molecule has 0 spiro atoms. The minimum atomic E-state index is -0.274. The number of hydrogen-bond acceptors (Lipinski definition) is 6. The second kappa shape index (κ2) is 8.01. The van der Waals surface area contributed by atoms with Crippen LogP contribution in [0.25, 0.3) is 20.3 Å². The Bertz CT molecular complexity index is 991. The van der Waals surface area contributed by atoms with Crippen LogP contribution < -0.4 is 11.1 Å². The molecule has 148 valence electrons. The summed E-state index contributed by atoms with van der Waals surface area (Å²) in [6.45, 7) is 0. The van der Waals surface area contributed by atoms with Crippen molar-refractivity contribution >= 4 is 43.4 Å². The maximum atomic E-state index is 11.3. The third kappa shape index (κ3) is 3.82. The van der Waals surface area contributed by atoms with E-state index in [4.69, 9.17) is 5.73 Å². The number of carbonyl (C=O) groups is 1. The predicted molar refractivity (Wildman–Crippen MR) is 116 cm³/mol. The number of hydrogen-bond donors (Lipinski definition) is 2. The van der Waals surface area contributed by atoms with Crippen molar-refractivity contribution in [3.63, 3.8) is 0 Å². The van der Waals surface area contributed by atoms with Gasteiger partial charge in [0.2, 0.25) is 5.91 Å². The number of carbonyl (C=O) groups excluding carboxylic acids is 1. The van der Waals surface area contributed by atoms with Gasteiger partial charge in [-0.25, -0.2) is 9.97 Å². The molecule has 7 heteroatoms. The van der Waals surface area contributed by atoms with E-state index in [1.807, 2.05) is 6.07 Å². The fourth-order valence-electron chi connectivity index (χ4n) is 4.23. The van der Waals surface area contributed by atoms with E-state index in [9.17, 15) is 4.79 Å². The number of benzene rings is 1. The Hall–Kier alpha value is -2.25. The second-order valence-electron chi connectivity index (χ2n) is 7.87. The van der Waals surface area contributed by atoms with E-state index < -0.39 is 0 Å². The molecule has 0 atom stereocenters. The Morgan fingerprint density at radius 3 is 2.71 bits per heavy atom. The van der Waals surface area contributed by atoms with E-state index in [0.29, 0.717) is 24.9 Å². The number of nitrogens with zero attached hydrogens (tertiary/aromatic N) is 3. The summed E-state index contributed by atoms with van der Waals surface area (Å²) in [6.07, 6.45) is 7.33. The number of rotatable bonds is 6. The Morgan fingerprint density at radius 1 is 1.21 bits per heavy atom. The van der Waals surface area contributed by atoms with Gasteiger partial charge in [-0.2, -0.15) is 0 Å². The molecule has 0 bridgehead atoms. The normalized spacial score (nSPS) is 20.1. The van der Waals surface area contributed by atoms with Gasteiger partial charge in [0.05, 0.1) is 5.39 Å². The molecule has 1 saturated carbocycles. The molecule has 0 saturated heterocycles. The van der Waals surface area contributed by atoms with Crippen LogP contribution in [0.1, 0.15) is 37.7 Å². The largest absolute Gasteiger partial charge is 0.370 e. The molecule has 0 unspecified atom stereocenters. The Morgan fingerprint density at radius 2 is 2.00 bits per heavy atom. The number of nitrogens with two attached hydrogens (primary N) is 1. The highest BCUT2D eigenvalue weighted by molar-refractivity contribution is 7.25. The lowest BCUT2D eigenvalue weighted by Crippen LogP contribution is -2.36. The summed E-state index contributed by atoms with van der Waals surface area (Å²) in [5.74, 6) is 0.639. The number of primary amides is 1.